The van der Waals surface area contributed by atoms with Gasteiger partial charge in [-0.15, -0.1) is 0 Å². The average Bonchev–Trinajstić information content (AvgIpc) is 2.93. The summed E-state index contributed by atoms with van der Waals surface area (Å²) in [4.78, 5) is 2.20. The monoisotopic (exact) mass is 306 g/mol. The lowest BCUT2D eigenvalue weighted by Crippen LogP contribution is -2.23. The van der Waals surface area contributed by atoms with Crippen molar-refractivity contribution in [2.75, 3.05) is 18.5 Å². The zero-order valence-electron chi connectivity index (χ0n) is 12.9. The summed E-state index contributed by atoms with van der Waals surface area (Å²) in [6, 6.07) is 8.04. The summed E-state index contributed by atoms with van der Waals surface area (Å²) in [5, 5.41) is 4.27. The number of furan rings is 1. The molecular weight excluding hydrogens is 284 g/mol. The van der Waals surface area contributed by atoms with Gasteiger partial charge in [0, 0.05) is 42.0 Å². The Morgan fingerprint density at radius 2 is 2.10 bits per heavy atom. The van der Waals surface area contributed by atoms with Crippen molar-refractivity contribution in [2.24, 2.45) is 5.92 Å². The average molecular weight is 307 g/mol. The molecule has 0 aliphatic carbocycles. The van der Waals surface area contributed by atoms with Gasteiger partial charge in [-0.05, 0) is 30.7 Å². The van der Waals surface area contributed by atoms with Crippen molar-refractivity contribution in [1.82, 2.24) is 5.32 Å². The molecule has 0 spiro atoms. The zero-order chi connectivity index (χ0) is 15.2. The second kappa shape index (κ2) is 7.53. The first kappa shape index (κ1) is 15.9. The van der Waals surface area contributed by atoms with Crippen LogP contribution in [0.4, 0.5) is 5.69 Å². The van der Waals surface area contributed by atoms with E-state index in [-0.39, 0.29) is 0 Å². The fourth-order valence-corrected chi connectivity index (χ4v) is 2.54. The van der Waals surface area contributed by atoms with Crippen molar-refractivity contribution in [1.29, 1.82) is 0 Å². The van der Waals surface area contributed by atoms with Gasteiger partial charge in [0.25, 0.3) is 0 Å². The van der Waals surface area contributed by atoms with Gasteiger partial charge in [-0.2, -0.15) is 0 Å². The van der Waals surface area contributed by atoms with E-state index < -0.39 is 0 Å². The Morgan fingerprint density at radius 3 is 2.76 bits per heavy atom. The second-order valence-corrected chi connectivity index (χ2v) is 6.16. The molecule has 0 atom stereocenters. The first-order valence-electron chi connectivity index (χ1n) is 7.28. The number of nitrogens with zero attached hydrogens (tertiary/aromatic N) is 1. The Bertz CT molecular complexity index is 552. The normalized spacial score (nSPS) is 11.1. The van der Waals surface area contributed by atoms with Crippen molar-refractivity contribution in [3.8, 4) is 0 Å². The van der Waals surface area contributed by atoms with Crippen LogP contribution >= 0.6 is 11.6 Å². The minimum absolute atomic E-state index is 0.625. The summed E-state index contributed by atoms with van der Waals surface area (Å²) in [7, 11) is 2.07. The molecule has 0 bridgehead atoms. The molecule has 1 N–H and O–H groups in total. The highest BCUT2D eigenvalue weighted by molar-refractivity contribution is 6.31. The topological polar surface area (TPSA) is 28.4 Å². The molecule has 1 heterocycles. The van der Waals surface area contributed by atoms with Crippen LogP contribution in [0.15, 0.2) is 41.2 Å². The van der Waals surface area contributed by atoms with Gasteiger partial charge in [0.15, 0.2) is 0 Å². The van der Waals surface area contributed by atoms with Crippen LogP contribution in [0.2, 0.25) is 5.02 Å². The molecule has 3 nitrogen and oxygen atoms in total. The van der Waals surface area contributed by atoms with Crippen LogP contribution in [-0.4, -0.2) is 13.6 Å². The van der Waals surface area contributed by atoms with Crippen LogP contribution in [0.25, 0.3) is 0 Å². The third-order valence-electron chi connectivity index (χ3n) is 3.36. The summed E-state index contributed by atoms with van der Waals surface area (Å²) in [5.74, 6) is 0.625. The molecule has 0 amide bonds. The Kier molecular flexibility index (Phi) is 5.71. The number of nitrogens with one attached hydrogen (secondary N) is 1. The molecule has 0 aliphatic heterocycles. The minimum atomic E-state index is 0.625. The maximum atomic E-state index is 6.39. The number of anilines is 1. The molecule has 4 heteroatoms. The number of hydrogen-bond acceptors (Lipinski definition) is 3. The van der Waals surface area contributed by atoms with E-state index in [1.165, 1.54) is 0 Å². The molecule has 0 unspecified atom stereocenters. The third-order valence-corrected chi connectivity index (χ3v) is 3.71. The van der Waals surface area contributed by atoms with Crippen molar-refractivity contribution < 1.29 is 4.42 Å². The van der Waals surface area contributed by atoms with Gasteiger partial charge in [0.1, 0.15) is 0 Å². The van der Waals surface area contributed by atoms with E-state index in [1.54, 1.807) is 12.5 Å². The fourth-order valence-electron chi connectivity index (χ4n) is 2.31. The van der Waals surface area contributed by atoms with Crippen molar-refractivity contribution >= 4 is 17.3 Å². The van der Waals surface area contributed by atoms with E-state index in [2.05, 4.69) is 37.2 Å². The highest BCUT2D eigenvalue weighted by atomic mass is 35.5. The van der Waals surface area contributed by atoms with E-state index in [0.717, 1.165) is 41.5 Å². The largest absolute Gasteiger partial charge is 0.472 e. The second-order valence-electron chi connectivity index (χ2n) is 5.75. The molecular formula is C17H23ClN2O. The first-order valence-corrected chi connectivity index (χ1v) is 7.66. The molecule has 0 aliphatic rings. The van der Waals surface area contributed by atoms with Gasteiger partial charge in [-0.3, -0.25) is 0 Å². The molecule has 0 radical (unpaired) electrons. The molecule has 0 saturated heterocycles. The van der Waals surface area contributed by atoms with Gasteiger partial charge in [-0.25, -0.2) is 0 Å². The Morgan fingerprint density at radius 1 is 1.29 bits per heavy atom. The summed E-state index contributed by atoms with van der Waals surface area (Å²) >= 11 is 6.39. The maximum Gasteiger partial charge on any atom is 0.0952 e. The van der Waals surface area contributed by atoms with Gasteiger partial charge in [-0.1, -0.05) is 31.5 Å². The van der Waals surface area contributed by atoms with Gasteiger partial charge < -0.3 is 14.6 Å². The lowest BCUT2D eigenvalue weighted by Gasteiger charge is -2.23. The number of benzene rings is 1. The van der Waals surface area contributed by atoms with Gasteiger partial charge in [0.05, 0.1) is 12.5 Å². The quantitative estimate of drug-likeness (QED) is 0.826. The predicted octanol–water partition coefficient (Wildman–Crippen LogP) is 4.32. The van der Waals surface area contributed by atoms with E-state index in [1.807, 2.05) is 18.2 Å². The van der Waals surface area contributed by atoms with E-state index >= 15 is 0 Å². The Labute approximate surface area is 131 Å². The summed E-state index contributed by atoms with van der Waals surface area (Å²) in [6.45, 7) is 6.96. The lowest BCUT2D eigenvalue weighted by atomic mass is 10.1. The van der Waals surface area contributed by atoms with E-state index in [4.69, 9.17) is 16.0 Å². The molecule has 0 saturated carbocycles. The van der Waals surface area contributed by atoms with Crippen LogP contribution in [-0.2, 0) is 13.1 Å². The molecule has 0 fully saturated rings. The maximum absolute atomic E-state index is 6.39. The van der Waals surface area contributed by atoms with Crippen LogP contribution in [0.3, 0.4) is 0 Å². The predicted molar refractivity (Wildman–Crippen MR) is 88.8 cm³/mol. The van der Waals surface area contributed by atoms with Crippen LogP contribution in [0.5, 0.6) is 0 Å². The number of rotatable bonds is 7. The molecule has 1 aromatic heterocycles. The van der Waals surface area contributed by atoms with Gasteiger partial charge >= 0.3 is 0 Å². The summed E-state index contributed by atoms with van der Waals surface area (Å²) in [6.07, 6.45) is 3.48. The minimum Gasteiger partial charge on any atom is -0.472 e. The standard InChI is InChI=1S/C17H23ClN2O/c1-13(2)9-19-10-15-16(18)5-4-6-17(15)20(3)11-14-7-8-21-12-14/h4-8,12-13,19H,9-11H2,1-3H3. The summed E-state index contributed by atoms with van der Waals surface area (Å²) < 4.78 is 5.13. The van der Waals surface area contributed by atoms with Crippen LogP contribution in [0, 0.1) is 5.92 Å². The van der Waals surface area contributed by atoms with E-state index in [9.17, 15) is 0 Å². The Hall–Kier alpha value is -1.45. The van der Waals surface area contributed by atoms with Crippen molar-refractivity contribution in [2.45, 2.75) is 26.9 Å². The highest BCUT2D eigenvalue weighted by Gasteiger charge is 2.11. The SMILES string of the molecule is CC(C)CNCc1c(Cl)cccc1N(C)Cc1ccoc1. The molecule has 114 valence electrons. The van der Waals surface area contributed by atoms with Crippen LogP contribution < -0.4 is 10.2 Å². The molecule has 2 rings (SSSR count). The number of halogens is 1. The molecule has 1 aromatic carbocycles. The summed E-state index contributed by atoms with van der Waals surface area (Å²) in [5.41, 5.74) is 3.45. The van der Waals surface area contributed by atoms with Crippen molar-refractivity contribution in [3.63, 3.8) is 0 Å². The number of hydrogen-bond donors (Lipinski definition) is 1. The van der Waals surface area contributed by atoms with Crippen LogP contribution in [0.1, 0.15) is 25.0 Å². The highest BCUT2D eigenvalue weighted by Crippen LogP contribution is 2.28. The zero-order valence-corrected chi connectivity index (χ0v) is 13.7. The Balaban J connectivity index is 2.12. The van der Waals surface area contributed by atoms with E-state index in [0.29, 0.717) is 5.92 Å². The third kappa shape index (κ3) is 4.51. The fraction of sp³-hybridized carbons (Fsp3) is 0.412. The molecule has 2 aromatic rings. The van der Waals surface area contributed by atoms with Gasteiger partial charge in [0.2, 0.25) is 0 Å². The van der Waals surface area contributed by atoms with Crippen molar-refractivity contribution in [3.05, 3.63) is 52.9 Å². The smallest absolute Gasteiger partial charge is 0.0952 e. The lowest BCUT2D eigenvalue weighted by molar-refractivity contribution is 0.552. The first-order chi connectivity index (χ1) is 10.1. The molecule has 21 heavy (non-hydrogen) atoms.